The van der Waals surface area contributed by atoms with Crippen molar-refractivity contribution >= 4 is 17.3 Å². The molecule has 66 valence electrons. The Morgan fingerprint density at radius 3 is 2.73 bits per heavy atom. The first kappa shape index (κ1) is 10.8. The van der Waals surface area contributed by atoms with Crippen LogP contribution in [0.25, 0.3) is 0 Å². The molecule has 0 amide bonds. The molecular formula is C7H16N2OS. The van der Waals surface area contributed by atoms with Crippen molar-refractivity contribution in [1.29, 1.82) is 0 Å². The molecule has 0 saturated carbocycles. The Hall–Kier alpha value is -0.190. The minimum atomic E-state index is 0.0666. The van der Waals surface area contributed by atoms with Gasteiger partial charge in [-0.2, -0.15) is 0 Å². The van der Waals surface area contributed by atoms with Crippen LogP contribution in [0.5, 0.6) is 0 Å². The average molecular weight is 176 g/mol. The van der Waals surface area contributed by atoms with Crippen molar-refractivity contribution in [3.8, 4) is 0 Å². The van der Waals surface area contributed by atoms with Crippen LogP contribution in [-0.2, 0) is 0 Å². The summed E-state index contributed by atoms with van der Waals surface area (Å²) < 4.78 is 0. The Bertz CT molecular complexity index is 119. The minimum absolute atomic E-state index is 0.0666. The largest absolute Gasteiger partial charge is 0.501 e. The van der Waals surface area contributed by atoms with Crippen molar-refractivity contribution < 1.29 is 5.11 Å². The maximum Gasteiger partial charge on any atom is 0.170 e. The fourth-order valence-corrected chi connectivity index (χ4v) is 1.06. The predicted molar refractivity (Wildman–Crippen MR) is 51.3 cm³/mol. The molecule has 0 unspecified atom stereocenters. The van der Waals surface area contributed by atoms with Gasteiger partial charge in [-0.1, -0.05) is 0 Å². The van der Waals surface area contributed by atoms with E-state index in [1.165, 1.54) is 0 Å². The van der Waals surface area contributed by atoms with E-state index in [0.29, 0.717) is 6.54 Å². The standard InChI is InChI=1S/C7H16N2OS/c1-8-4-3-5-9(2)6-7(10)11/h8H,3-6H2,1-2H3,(H,10,11). The summed E-state index contributed by atoms with van der Waals surface area (Å²) in [5.74, 6) is 0. The molecule has 0 radical (unpaired) electrons. The van der Waals surface area contributed by atoms with Crippen LogP contribution in [0.15, 0.2) is 0 Å². The van der Waals surface area contributed by atoms with Gasteiger partial charge < -0.3 is 10.4 Å². The van der Waals surface area contributed by atoms with E-state index in [4.69, 9.17) is 5.11 Å². The number of thiocarbonyl (C=S) groups is 1. The zero-order chi connectivity index (χ0) is 8.69. The molecule has 0 rings (SSSR count). The van der Waals surface area contributed by atoms with Crippen molar-refractivity contribution in [3.05, 3.63) is 0 Å². The van der Waals surface area contributed by atoms with Crippen molar-refractivity contribution in [1.82, 2.24) is 10.2 Å². The molecule has 3 nitrogen and oxygen atoms in total. The zero-order valence-corrected chi connectivity index (χ0v) is 7.95. The molecule has 0 bridgehead atoms. The van der Waals surface area contributed by atoms with Crippen molar-refractivity contribution in [2.24, 2.45) is 0 Å². The molecule has 0 atom stereocenters. The van der Waals surface area contributed by atoms with Gasteiger partial charge in [-0.3, -0.25) is 4.90 Å². The number of aliphatic hydroxyl groups is 1. The minimum Gasteiger partial charge on any atom is -0.501 e. The highest BCUT2D eigenvalue weighted by Gasteiger charge is 1.99. The van der Waals surface area contributed by atoms with Crippen LogP contribution in [0, 0.1) is 0 Å². The molecule has 4 heteroatoms. The highest BCUT2D eigenvalue weighted by Crippen LogP contribution is 1.86. The van der Waals surface area contributed by atoms with E-state index < -0.39 is 0 Å². The topological polar surface area (TPSA) is 35.5 Å². The molecule has 0 aliphatic carbocycles. The highest BCUT2D eigenvalue weighted by molar-refractivity contribution is 7.80. The van der Waals surface area contributed by atoms with E-state index in [1.807, 2.05) is 19.0 Å². The highest BCUT2D eigenvalue weighted by atomic mass is 32.1. The number of hydrogen-bond acceptors (Lipinski definition) is 3. The van der Waals surface area contributed by atoms with E-state index in [0.717, 1.165) is 19.5 Å². The Balaban J connectivity index is 3.22. The Labute approximate surface area is 73.4 Å². The lowest BCUT2D eigenvalue weighted by Crippen LogP contribution is -2.27. The van der Waals surface area contributed by atoms with Crippen molar-refractivity contribution in [2.75, 3.05) is 33.7 Å². The van der Waals surface area contributed by atoms with Gasteiger partial charge in [0.1, 0.15) is 0 Å². The number of rotatable bonds is 6. The van der Waals surface area contributed by atoms with Crippen LogP contribution in [0.1, 0.15) is 6.42 Å². The molecule has 2 N–H and O–H groups in total. The van der Waals surface area contributed by atoms with Crippen molar-refractivity contribution in [2.45, 2.75) is 6.42 Å². The fourth-order valence-electron chi connectivity index (χ4n) is 0.836. The zero-order valence-electron chi connectivity index (χ0n) is 7.13. The first-order valence-corrected chi connectivity index (χ1v) is 4.12. The normalized spacial score (nSPS) is 10.5. The van der Waals surface area contributed by atoms with E-state index in [-0.39, 0.29) is 5.05 Å². The molecular weight excluding hydrogens is 160 g/mol. The Kier molecular flexibility index (Phi) is 6.40. The number of likely N-dealkylation sites (N-methyl/N-ethyl adjacent to an activating group) is 1. The van der Waals surface area contributed by atoms with Gasteiger partial charge >= 0.3 is 0 Å². The van der Waals surface area contributed by atoms with Crippen LogP contribution in [-0.4, -0.2) is 48.8 Å². The summed E-state index contributed by atoms with van der Waals surface area (Å²) >= 11 is 4.55. The molecule has 0 spiro atoms. The van der Waals surface area contributed by atoms with Crippen molar-refractivity contribution in [3.63, 3.8) is 0 Å². The summed E-state index contributed by atoms with van der Waals surface area (Å²) in [4.78, 5) is 2.00. The Morgan fingerprint density at radius 2 is 2.27 bits per heavy atom. The summed E-state index contributed by atoms with van der Waals surface area (Å²) in [5.41, 5.74) is 0. The van der Waals surface area contributed by atoms with Gasteiger partial charge in [0.15, 0.2) is 5.05 Å². The van der Waals surface area contributed by atoms with Gasteiger partial charge in [-0.05, 0) is 45.8 Å². The first-order chi connectivity index (χ1) is 5.16. The van der Waals surface area contributed by atoms with E-state index in [9.17, 15) is 0 Å². The van der Waals surface area contributed by atoms with E-state index >= 15 is 0 Å². The third-order valence-corrected chi connectivity index (χ3v) is 1.50. The molecule has 0 aliphatic rings. The average Bonchev–Trinajstić information content (AvgIpc) is 1.86. The number of nitrogens with zero attached hydrogens (tertiary/aromatic N) is 1. The monoisotopic (exact) mass is 176 g/mol. The van der Waals surface area contributed by atoms with E-state index in [1.54, 1.807) is 0 Å². The second-order valence-electron chi connectivity index (χ2n) is 2.59. The van der Waals surface area contributed by atoms with Gasteiger partial charge in [-0.25, -0.2) is 0 Å². The third kappa shape index (κ3) is 7.71. The first-order valence-electron chi connectivity index (χ1n) is 3.71. The van der Waals surface area contributed by atoms with Gasteiger partial charge in [0.2, 0.25) is 0 Å². The van der Waals surface area contributed by atoms with Gasteiger partial charge in [-0.15, -0.1) is 0 Å². The smallest absolute Gasteiger partial charge is 0.170 e. The lowest BCUT2D eigenvalue weighted by molar-refractivity contribution is 0.353. The Morgan fingerprint density at radius 1 is 1.64 bits per heavy atom. The SMILES string of the molecule is CNCCCN(C)CC(O)=S. The molecule has 0 fully saturated rings. The summed E-state index contributed by atoms with van der Waals surface area (Å²) in [6.07, 6.45) is 1.08. The van der Waals surface area contributed by atoms with Crippen LogP contribution >= 0.6 is 12.2 Å². The fraction of sp³-hybridized carbons (Fsp3) is 0.857. The maximum atomic E-state index is 8.75. The lowest BCUT2D eigenvalue weighted by atomic mass is 10.4. The quantitative estimate of drug-likeness (QED) is 0.454. The molecule has 0 saturated heterocycles. The number of nitrogens with one attached hydrogen (secondary N) is 1. The molecule has 0 aromatic carbocycles. The van der Waals surface area contributed by atoms with Crippen LogP contribution in [0.4, 0.5) is 0 Å². The number of hydrogen-bond donors (Lipinski definition) is 2. The van der Waals surface area contributed by atoms with E-state index in [2.05, 4.69) is 17.5 Å². The van der Waals surface area contributed by atoms with Crippen LogP contribution in [0.3, 0.4) is 0 Å². The van der Waals surface area contributed by atoms with Crippen LogP contribution in [0.2, 0.25) is 0 Å². The lowest BCUT2D eigenvalue weighted by Gasteiger charge is -2.13. The number of aliphatic hydroxyl groups excluding tert-OH is 1. The second-order valence-corrected chi connectivity index (χ2v) is 3.06. The molecule has 0 aromatic rings. The second kappa shape index (κ2) is 6.52. The summed E-state index contributed by atoms with van der Waals surface area (Å²) in [6, 6.07) is 0. The molecule has 11 heavy (non-hydrogen) atoms. The predicted octanol–water partition coefficient (Wildman–Crippen LogP) is 0.413. The summed E-state index contributed by atoms with van der Waals surface area (Å²) in [6.45, 7) is 2.46. The summed E-state index contributed by atoms with van der Waals surface area (Å²) in [5, 5.41) is 11.9. The van der Waals surface area contributed by atoms with Gasteiger partial charge in [0.25, 0.3) is 0 Å². The third-order valence-electron chi connectivity index (χ3n) is 1.37. The van der Waals surface area contributed by atoms with Gasteiger partial charge in [0.05, 0.1) is 6.54 Å². The molecule has 0 heterocycles. The summed E-state index contributed by atoms with van der Waals surface area (Å²) in [7, 11) is 3.87. The van der Waals surface area contributed by atoms with Crippen LogP contribution < -0.4 is 5.32 Å². The molecule has 0 aromatic heterocycles. The van der Waals surface area contributed by atoms with Gasteiger partial charge in [0, 0.05) is 0 Å². The molecule has 0 aliphatic heterocycles. The maximum absolute atomic E-state index is 8.75.